The third-order valence-electron chi connectivity index (χ3n) is 3.04. The second-order valence-electron chi connectivity index (χ2n) is 4.54. The van der Waals surface area contributed by atoms with Crippen LogP contribution in [-0.2, 0) is 7.05 Å². The molecule has 1 aromatic carbocycles. The molecule has 3 rings (SSSR count). The van der Waals surface area contributed by atoms with Gasteiger partial charge in [0.25, 0.3) is 0 Å². The molecule has 0 amide bonds. The summed E-state index contributed by atoms with van der Waals surface area (Å²) < 4.78 is 16.6. The van der Waals surface area contributed by atoms with Gasteiger partial charge in [-0.15, -0.1) is 11.3 Å². The van der Waals surface area contributed by atoms with E-state index in [2.05, 4.69) is 26.0 Å². The first-order valence-electron chi connectivity index (χ1n) is 6.09. The van der Waals surface area contributed by atoms with Crippen LogP contribution < -0.4 is 0 Å². The molecule has 0 bridgehead atoms. The van der Waals surface area contributed by atoms with Crippen LogP contribution in [0.5, 0.6) is 0 Å². The maximum absolute atomic E-state index is 14.0. The van der Waals surface area contributed by atoms with Gasteiger partial charge in [-0.3, -0.25) is 0 Å². The van der Waals surface area contributed by atoms with Gasteiger partial charge in [0.05, 0.1) is 19.2 Å². The van der Waals surface area contributed by atoms with Crippen molar-refractivity contribution >= 4 is 38.9 Å². The van der Waals surface area contributed by atoms with Gasteiger partial charge in [0.2, 0.25) is 0 Å². The molecular weight excluding hydrogens is 377 g/mol. The van der Waals surface area contributed by atoms with Crippen molar-refractivity contribution in [1.29, 1.82) is 0 Å². The minimum absolute atomic E-state index is 0.231. The summed E-state index contributed by atoms with van der Waals surface area (Å²) in [5.74, 6) is 0.556. The molecule has 0 fully saturated rings. The summed E-state index contributed by atoms with van der Waals surface area (Å²) in [6.45, 7) is 2.00. The molecule has 0 aliphatic heterocycles. The third-order valence-corrected chi connectivity index (χ3v) is 5.09. The highest BCUT2D eigenvalue weighted by molar-refractivity contribution is 9.11. The van der Waals surface area contributed by atoms with Crippen LogP contribution in [0.4, 0.5) is 4.39 Å². The summed E-state index contributed by atoms with van der Waals surface area (Å²) in [7, 11) is 1.79. The fourth-order valence-corrected chi connectivity index (χ4v) is 4.06. The van der Waals surface area contributed by atoms with E-state index in [0.717, 1.165) is 14.2 Å². The average molecular weight is 387 g/mol. The first kappa shape index (κ1) is 14.7. The standard InChI is InChI=1S/C14H10BrClFN3S/c1-7-6-10(15)21-12(7)14-18-13(19-20(14)2)11-8(16)4-3-5-9(11)17/h3-6H,1-2H3. The molecule has 3 aromatic rings. The molecule has 0 unspecified atom stereocenters. The molecule has 0 aliphatic rings. The Morgan fingerprint density at radius 1 is 1.38 bits per heavy atom. The van der Waals surface area contributed by atoms with E-state index in [-0.39, 0.29) is 5.56 Å². The Morgan fingerprint density at radius 2 is 2.14 bits per heavy atom. The number of hydrogen-bond acceptors (Lipinski definition) is 3. The summed E-state index contributed by atoms with van der Waals surface area (Å²) in [6.07, 6.45) is 0. The molecule has 2 aromatic heterocycles. The van der Waals surface area contributed by atoms with Gasteiger partial charge in [-0.2, -0.15) is 5.10 Å². The highest BCUT2D eigenvalue weighted by Gasteiger charge is 2.19. The van der Waals surface area contributed by atoms with Gasteiger partial charge in [0.1, 0.15) is 5.82 Å². The van der Waals surface area contributed by atoms with Crippen LogP contribution in [0.2, 0.25) is 5.02 Å². The largest absolute Gasteiger partial charge is 0.248 e. The summed E-state index contributed by atoms with van der Waals surface area (Å²) in [5.41, 5.74) is 1.32. The van der Waals surface area contributed by atoms with Crippen LogP contribution in [-0.4, -0.2) is 14.8 Å². The quantitative estimate of drug-likeness (QED) is 0.615. The Labute approximate surface area is 138 Å². The van der Waals surface area contributed by atoms with Gasteiger partial charge in [-0.1, -0.05) is 17.7 Å². The van der Waals surface area contributed by atoms with E-state index in [1.54, 1.807) is 35.2 Å². The van der Waals surface area contributed by atoms with Crippen molar-refractivity contribution in [2.45, 2.75) is 6.92 Å². The van der Waals surface area contributed by atoms with Crippen LogP contribution in [0.15, 0.2) is 28.1 Å². The predicted molar refractivity (Wildman–Crippen MR) is 87.2 cm³/mol. The van der Waals surface area contributed by atoms with E-state index < -0.39 is 5.82 Å². The SMILES string of the molecule is Cc1cc(Br)sc1-c1nc(-c2c(F)cccc2Cl)nn1C. The number of aromatic nitrogens is 3. The average Bonchev–Trinajstić information content (AvgIpc) is 2.92. The maximum atomic E-state index is 14.0. The highest BCUT2D eigenvalue weighted by atomic mass is 79.9. The molecule has 0 saturated carbocycles. The lowest BCUT2D eigenvalue weighted by molar-refractivity contribution is 0.629. The predicted octanol–water partition coefficient (Wildman–Crippen LogP) is 5.07. The lowest BCUT2D eigenvalue weighted by Crippen LogP contribution is -1.94. The minimum atomic E-state index is -0.427. The molecule has 2 heterocycles. The van der Waals surface area contributed by atoms with Crippen LogP contribution >= 0.6 is 38.9 Å². The second kappa shape index (κ2) is 5.51. The Morgan fingerprint density at radius 3 is 2.76 bits per heavy atom. The number of aryl methyl sites for hydroxylation is 2. The van der Waals surface area contributed by atoms with Crippen LogP contribution in [0.25, 0.3) is 22.1 Å². The van der Waals surface area contributed by atoms with E-state index in [1.165, 1.54) is 6.07 Å². The molecule has 0 spiro atoms. The smallest absolute Gasteiger partial charge is 0.186 e. The van der Waals surface area contributed by atoms with Crippen molar-refractivity contribution in [2.24, 2.45) is 7.05 Å². The zero-order chi connectivity index (χ0) is 15.1. The zero-order valence-electron chi connectivity index (χ0n) is 11.2. The molecule has 21 heavy (non-hydrogen) atoms. The number of thiophene rings is 1. The molecule has 0 atom stereocenters. The Bertz CT molecular complexity index is 807. The molecule has 0 aliphatic carbocycles. The fourth-order valence-electron chi connectivity index (χ4n) is 2.06. The number of benzene rings is 1. The van der Waals surface area contributed by atoms with Gasteiger partial charge < -0.3 is 0 Å². The van der Waals surface area contributed by atoms with Crippen molar-refractivity contribution in [1.82, 2.24) is 14.8 Å². The first-order chi connectivity index (χ1) is 9.97. The normalized spacial score (nSPS) is 11.1. The molecule has 7 heteroatoms. The number of halogens is 3. The van der Waals surface area contributed by atoms with E-state index >= 15 is 0 Å². The highest BCUT2D eigenvalue weighted by Crippen LogP contribution is 2.36. The van der Waals surface area contributed by atoms with E-state index in [4.69, 9.17) is 11.6 Å². The van der Waals surface area contributed by atoms with Crippen LogP contribution in [0, 0.1) is 12.7 Å². The number of hydrogen-bond donors (Lipinski definition) is 0. The summed E-state index contributed by atoms with van der Waals surface area (Å²) in [6, 6.07) is 6.56. The summed E-state index contributed by atoms with van der Waals surface area (Å²) in [4.78, 5) is 5.46. The number of nitrogens with zero attached hydrogens (tertiary/aromatic N) is 3. The second-order valence-corrected chi connectivity index (χ2v) is 7.38. The molecule has 3 nitrogen and oxygen atoms in total. The van der Waals surface area contributed by atoms with Gasteiger partial charge in [0.15, 0.2) is 11.6 Å². The van der Waals surface area contributed by atoms with Crippen LogP contribution in [0.3, 0.4) is 0 Å². The maximum Gasteiger partial charge on any atom is 0.186 e. The fraction of sp³-hybridized carbons (Fsp3) is 0.143. The molecular formula is C14H10BrClFN3S. The van der Waals surface area contributed by atoms with E-state index in [1.807, 2.05) is 13.0 Å². The topological polar surface area (TPSA) is 30.7 Å². The van der Waals surface area contributed by atoms with Crippen molar-refractivity contribution in [3.8, 4) is 22.1 Å². The van der Waals surface area contributed by atoms with Gasteiger partial charge in [-0.25, -0.2) is 14.1 Å². The van der Waals surface area contributed by atoms with Crippen molar-refractivity contribution in [3.63, 3.8) is 0 Å². The van der Waals surface area contributed by atoms with Crippen molar-refractivity contribution in [3.05, 3.63) is 44.5 Å². The Hall–Kier alpha value is -1.24. The third kappa shape index (κ3) is 2.63. The Balaban J connectivity index is 2.17. The lowest BCUT2D eigenvalue weighted by atomic mass is 10.2. The van der Waals surface area contributed by atoms with E-state index in [9.17, 15) is 4.39 Å². The first-order valence-corrected chi connectivity index (χ1v) is 8.08. The molecule has 0 radical (unpaired) electrons. The van der Waals surface area contributed by atoms with Crippen LogP contribution in [0.1, 0.15) is 5.56 Å². The van der Waals surface area contributed by atoms with Crippen molar-refractivity contribution in [2.75, 3.05) is 0 Å². The van der Waals surface area contributed by atoms with Gasteiger partial charge in [0, 0.05) is 7.05 Å². The lowest BCUT2D eigenvalue weighted by Gasteiger charge is -2.00. The molecule has 108 valence electrons. The summed E-state index contributed by atoms with van der Waals surface area (Å²) in [5, 5.41) is 4.60. The van der Waals surface area contributed by atoms with Crippen molar-refractivity contribution < 1.29 is 4.39 Å². The molecule has 0 N–H and O–H groups in total. The minimum Gasteiger partial charge on any atom is -0.248 e. The van der Waals surface area contributed by atoms with Gasteiger partial charge >= 0.3 is 0 Å². The van der Waals surface area contributed by atoms with E-state index in [0.29, 0.717) is 16.7 Å². The van der Waals surface area contributed by atoms with Gasteiger partial charge in [-0.05, 0) is 46.6 Å². The Kier molecular flexibility index (Phi) is 3.86. The summed E-state index contributed by atoms with van der Waals surface area (Å²) >= 11 is 11.1. The zero-order valence-corrected chi connectivity index (χ0v) is 14.4. The monoisotopic (exact) mass is 385 g/mol. The number of rotatable bonds is 2. The molecule has 0 saturated heterocycles.